The number of aromatic nitrogens is 1. The minimum absolute atomic E-state index is 0.0236. The molecule has 3 aromatic rings. The molecule has 36 heavy (non-hydrogen) atoms. The van der Waals surface area contributed by atoms with E-state index in [1.54, 1.807) is 19.1 Å². The minimum Gasteiger partial charge on any atom is -0.472 e. The Morgan fingerprint density at radius 2 is 1.94 bits per heavy atom. The van der Waals surface area contributed by atoms with Crippen LogP contribution in [0.3, 0.4) is 0 Å². The van der Waals surface area contributed by atoms with Crippen LogP contribution in [-0.2, 0) is 21.5 Å². The minimum atomic E-state index is -5.07. The van der Waals surface area contributed by atoms with E-state index >= 15 is 0 Å². The SMILES string of the molecule is CCOC(=O)c1cn2c(cc1=O)-c1cc(N(C)C(=O)C(F)(F)F)c(-c3ccoc3)cc1CC21CCC1. The number of hydrogen-bond acceptors (Lipinski definition) is 5. The standard InChI is InChI=1S/C26H23F3N2O5/c1-3-36-23(33)19-13-31-21(11-22(19)32)18-10-20(30(2)24(34)26(27,28)29)17(15-5-8-35-14-15)9-16(18)12-25(31)6-4-7-25/h5,8-11,13-14H,3-4,6-7,12H2,1-2H3. The van der Waals surface area contributed by atoms with E-state index in [1.165, 1.54) is 30.9 Å². The zero-order valence-electron chi connectivity index (χ0n) is 19.6. The first-order valence-electron chi connectivity index (χ1n) is 11.5. The molecule has 0 radical (unpaired) electrons. The number of carbonyl (C=O) groups excluding carboxylic acids is 2. The molecule has 1 spiro atoms. The van der Waals surface area contributed by atoms with Gasteiger partial charge in [0.05, 0.1) is 30.5 Å². The lowest BCUT2D eigenvalue weighted by molar-refractivity contribution is -0.170. The summed E-state index contributed by atoms with van der Waals surface area (Å²) in [4.78, 5) is 38.0. The summed E-state index contributed by atoms with van der Waals surface area (Å²) in [5, 5.41) is 0. The van der Waals surface area contributed by atoms with Crippen LogP contribution in [0.2, 0.25) is 0 Å². The highest BCUT2D eigenvalue weighted by Crippen LogP contribution is 2.50. The number of nitrogens with zero attached hydrogens (tertiary/aromatic N) is 2. The summed E-state index contributed by atoms with van der Waals surface area (Å²) >= 11 is 0. The summed E-state index contributed by atoms with van der Waals surface area (Å²) in [5.41, 5.74) is 1.83. The van der Waals surface area contributed by atoms with Gasteiger partial charge in [0.1, 0.15) is 5.56 Å². The Kier molecular flexibility index (Phi) is 5.57. The Hall–Kier alpha value is -3.82. The lowest BCUT2D eigenvalue weighted by Gasteiger charge is -2.49. The molecule has 1 amide bonds. The third kappa shape index (κ3) is 3.71. The summed E-state index contributed by atoms with van der Waals surface area (Å²) in [7, 11) is 1.06. The highest BCUT2D eigenvalue weighted by atomic mass is 19.4. The quantitative estimate of drug-likeness (QED) is 0.476. The van der Waals surface area contributed by atoms with Crippen LogP contribution < -0.4 is 10.3 Å². The van der Waals surface area contributed by atoms with Crippen molar-refractivity contribution in [3.8, 4) is 22.4 Å². The van der Waals surface area contributed by atoms with Crippen molar-refractivity contribution in [3.63, 3.8) is 0 Å². The first kappa shape index (κ1) is 23.9. The average Bonchev–Trinajstić information content (AvgIpc) is 3.34. The fourth-order valence-electron chi connectivity index (χ4n) is 5.18. The second-order valence-corrected chi connectivity index (χ2v) is 9.18. The normalized spacial score (nSPS) is 15.6. The highest BCUT2D eigenvalue weighted by Gasteiger charge is 2.45. The van der Waals surface area contributed by atoms with Gasteiger partial charge in [-0.05, 0) is 56.4 Å². The molecule has 1 saturated carbocycles. The number of carbonyl (C=O) groups is 2. The van der Waals surface area contributed by atoms with E-state index in [9.17, 15) is 27.6 Å². The second kappa shape index (κ2) is 8.39. The lowest BCUT2D eigenvalue weighted by Crippen LogP contribution is -2.46. The van der Waals surface area contributed by atoms with Gasteiger partial charge in [-0.15, -0.1) is 0 Å². The van der Waals surface area contributed by atoms with Crippen LogP contribution in [0.1, 0.15) is 42.1 Å². The van der Waals surface area contributed by atoms with Gasteiger partial charge in [-0.25, -0.2) is 4.79 Å². The molecule has 0 saturated heterocycles. The number of benzene rings is 1. The van der Waals surface area contributed by atoms with Crippen LogP contribution in [0.25, 0.3) is 22.4 Å². The van der Waals surface area contributed by atoms with E-state index in [1.807, 2.05) is 4.57 Å². The Balaban J connectivity index is 1.74. The Bertz CT molecular complexity index is 1420. The van der Waals surface area contributed by atoms with Gasteiger partial charge in [0.25, 0.3) is 0 Å². The Morgan fingerprint density at radius 3 is 2.53 bits per heavy atom. The second-order valence-electron chi connectivity index (χ2n) is 9.18. The molecule has 2 aromatic heterocycles. The van der Waals surface area contributed by atoms with Crippen molar-refractivity contribution in [1.82, 2.24) is 4.57 Å². The first-order valence-corrected chi connectivity index (χ1v) is 11.5. The predicted octanol–water partition coefficient (Wildman–Crippen LogP) is 4.91. The molecule has 1 aliphatic heterocycles. The van der Waals surface area contributed by atoms with E-state index in [0.29, 0.717) is 33.7 Å². The zero-order valence-corrected chi connectivity index (χ0v) is 19.6. The summed E-state index contributed by atoms with van der Waals surface area (Å²) in [5.74, 6) is -2.74. The van der Waals surface area contributed by atoms with Gasteiger partial charge in [0, 0.05) is 41.5 Å². The number of amides is 1. The molecular weight excluding hydrogens is 477 g/mol. The van der Waals surface area contributed by atoms with Crippen molar-refractivity contribution in [2.45, 2.75) is 44.3 Å². The lowest BCUT2D eigenvalue weighted by atomic mass is 9.69. The van der Waals surface area contributed by atoms with Crippen LogP contribution in [0, 0.1) is 0 Å². The Labute approximate surface area is 204 Å². The van der Waals surface area contributed by atoms with Crippen molar-refractivity contribution in [2.24, 2.45) is 0 Å². The third-order valence-electron chi connectivity index (χ3n) is 7.10. The zero-order chi connectivity index (χ0) is 25.8. The number of esters is 1. The van der Waals surface area contributed by atoms with Gasteiger partial charge >= 0.3 is 18.1 Å². The molecule has 1 aliphatic carbocycles. The molecule has 0 unspecified atom stereocenters. The highest BCUT2D eigenvalue weighted by molar-refractivity contribution is 6.01. The maximum Gasteiger partial charge on any atom is 0.471 e. The van der Waals surface area contributed by atoms with E-state index in [2.05, 4.69) is 0 Å². The molecule has 10 heteroatoms. The Morgan fingerprint density at radius 1 is 1.19 bits per heavy atom. The van der Waals surface area contributed by atoms with Crippen LogP contribution in [-0.4, -0.2) is 36.3 Å². The molecule has 3 heterocycles. The monoisotopic (exact) mass is 500 g/mol. The molecule has 0 atom stereocenters. The maximum absolute atomic E-state index is 13.3. The molecule has 188 valence electrons. The number of pyridine rings is 1. The molecule has 7 nitrogen and oxygen atoms in total. The van der Waals surface area contributed by atoms with Crippen LogP contribution in [0.5, 0.6) is 0 Å². The molecule has 0 N–H and O–H groups in total. The van der Waals surface area contributed by atoms with Gasteiger partial charge in [-0.1, -0.05) is 0 Å². The fraction of sp³-hybridized carbons (Fsp3) is 0.346. The van der Waals surface area contributed by atoms with Crippen molar-refractivity contribution < 1.29 is 31.9 Å². The molecular formula is C26H23F3N2O5. The smallest absolute Gasteiger partial charge is 0.471 e. The number of hydrogen-bond donors (Lipinski definition) is 0. The van der Waals surface area contributed by atoms with Gasteiger partial charge in [0.2, 0.25) is 0 Å². The maximum atomic E-state index is 13.3. The largest absolute Gasteiger partial charge is 0.472 e. The number of alkyl halides is 3. The number of anilines is 1. The number of rotatable bonds is 4. The van der Waals surface area contributed by atoms with E-state index in [-0.39, 0.29) is 23.4 Å². The fourth-order valence-corrected chi connectivity index (χ4v) is 5.18. The van der Waals surface area contributed by atoms with Gasteiger partial charge in [-0.3, -0.25) is 9.59 Å². The first-order chi connectivity index (χ1) is 17.1. The number of fused-ring (bicyclic) bond motifs is 4. The summed E-state index contributed by atoms with van der Waals surface area (Å²) in [6.45, 7) is 1.77. The van der Waals surface area contributed by atoms with Crippen molar-refractivity contribution in [1.29, 1.82) is 0 Å². The van der Waals surface area contributed by atoms with E-state index < -0.39 is 23.5 Å². The van der Waals surface area contributed by atoms with E-state index in [4.69, 9.17) is 9.15 Å². The van der Waals surface area contributed by atoms with Crippen molar-refractivity contribution >= 4 is 17.6 Å². The van der Waals surface area contributed by atoms with Crippen LogP contribution in [0.4, 0.5) is 18.9 Å². The summed E-state index contributed by atoms with van der Waals surface area (Å²) < 4.78 is 52.1. The van der Waals surface area contributed by atoms with Crippen LogP contribution >= 0.6 is 0 Å². The van der Waals surface area contributed by atoms with Crippen molar-refractivity contribution in [3.05, 3.63) is 64.3 Å². The topological polar surface area (TPSA) is 81.8 Å². The summed E-state index contributed by atoms with van der Waals surface area (Å²) in [6.07, 6.45) is 2.41. The molecule has 2 aliphatic rings. The number of ether oxygens (including phenoxy) is 1. The number of furan rings is 1. The average molecular weight is 500 g/mol. The molecule has 0 bridgehead atoms. The third-order valence-corrected chi connectivity index (χ3v) is 7.10. The van der Waals surface area contributed by atoms with Gasteiger partial charge in [-0.2, -0.15) is 13.2 Å². The molecule has 1 aromatic carbocycles. The van der Waals surface area contributed by atoms with E-state index in [0.717, 1.165) is 31.9 Å². The van der Waals surface area contributed by atoms with Crippen molar-refractivity contribution in [2.75, 3.05) is 18.6 Å². The van der Waals surface area contributed by atoms with Gasteiger partial charge < -0.3 is 18.6 Å². The number of halogens is 3. The predicted molar refractivity (Wildman–Crippen MR) is 125 cm³/mol. The molecule has 5 rings (SSSR count). The summed E-state index contributed by atoms with van der Waals surface area (Å²) in [6, 6.07) is 6.21. The van der Waals surface area contributed by atoms with Crippen LogP contribution in [0.15, 0.2) is 52.2 Å². The van der Waals surface area contributed by atoms with Gasteiger partial charge in [0.15, 0.2) is 5.43 Å². The molecule has 1 fully saturated rings.